The van der Waals surface area contributed by atoms with Crippen molar-refractivity contribution >= 4 is 0 Å². The fourth-order valence-electron chi connectivity index (χ4n) is 1.50. The Morgan fingerprint density at radius 1 is 1.47 bits per heavy atom. The van der Waals surface area contributed by atoms with Gasteiger partial charge in [0, 0.05) is 18.0 Å². The number of hydrogen-bond acceptors (Lipinski definition) is 2. The Labute approximate surface area is 96.8 Å². The van der Waals surface area contributed by atoms with Crippen molar-refractivity contribution in [2.24, 2.45) is 5.92 Å². The number of aliphatic hydroxyl groups is 1. The lowest BCUT2D eigenvalue weighted by molar-refractivity contribution is -0.206. The SMILES string of the molecule is OC(c1ccn(COCC2CC2)c1)C(F)(F)F. The highest BCUT2D eigenvalue weighted by atomic mass is 19.4. The van der Waals surface area contributed by atoms with Gasteiger partial charge in [-0.2, -0.15) is 13.2 Å². The second kappa shape index (κ2) is 4.70. The Hall–Kier alpha value is -1.01. The maximum atomic E-state index is 12.2. The molecule has 6 heteroatoms. The van der Waals surface area contributed by atoms with Gasteiger partial charge in [0.2, 0.25) is 0 Å². The summed E-state index contributed by atoms with van der Waals surface area (Å²) in [5.41, 5.74) is -0.160. The molecule has 1 aromatic heterocycles. The summed E-state index contributed by atoms with van der Waals surface area (Å²) < 4.78 is 43.5. The molecule has 0 amide bonds. The van der Waals surface area contributed by atoms with E-state index < -0.39 is 12.3 Å². The van der Waals surface area contributed by atoms with E-state index in [9.17, 15) is 13.2 Å². The molecule has 1 saturated carbocycles. The molecule has 1 aromatic rings. The van der Waals surface area contributed by atoms with E-state index in [1.807, 2.05) is 0 Å². The van der Waals surface area contributed by atoms with Crippen LogP contribution in [0, 0.1) is 5.92 Å². The van der Waals surface area contributed by atoms with Crippen molar-refractivity contribution < 1.29 is 23.0 Å². The standard InChI is InChI=1S/C11H14F3NO2/c12-11(13,14)10(16)9-3-4-15(5-9)7-17-6-8-1-2-8/h3-5,8,10,16H,1-2,6-7H2. The van der Waals surface area contributed by atoms with Crippen molar-refractivity contribution in [3.8, 4) is 0 Å². The van der Waals surface area contributed by atoms with E-state index in [2.05, 4.69) is 0 Å². The van der Waals surface area contributed by atoms with Crippen molar-refractivity contribution in [1.29, 1.82) is 0 Å². The topological polar surface area (TPSA) is 34.4 Å². The van der Waals surface area contributed by atoms with Crippen LogP contribution in [0.15, 0.2) is 18.5 Å². The number of halogens is 3. The molecule has 3 nitrogen and oxygen atoms in total. The first-order valence-electron chi connectivity index (χ1n) is 5.45. The lowest BCUT2D eigenvalue weighted by atomic mass is 10.2. The third-order valence-electron chi connectivity index (χ3n) is 2.69. The first-order valence-corrected chi connectivity index (χ1v) is 5.45. The Balaban J connectivity index is 1.86. The van der Waals surface area contributed by atoms with Crippen LogP contribution >= 0.6 is 0 Å². The lowest BCUT2D eigenvalue weighted by Crippen LogP contribution is -2.19. The number of rotatable bonds is 5. The van der Waals surface area contributed by atoms with Crippen LogP contribution < -0.4 is 0 Å². The highest BCUT2D eigenvalue weighted by Crippen LogP contribution is 2.32. The zero-order chi connectivity index (χ0) is 12.5. The fourth-order valence-corrected chi connectivity index (χ4v) is 1.50. The van der Waals surface area contributed by atoms with E-state index in [1.165, 1.54) is 35.9 Å². The van der Waals surface area contributed by atoms with Gasteiger partial charge >= 0.3 is 6.18 Å². The number of ether oxygens (including phenoxy) is 1. The summed E-state index contributed by atoms with van der Waals surface area (Å²) >= 11 is 0. The highest BCUT2D eigenvalue weighted by molar-refractivity contribution is 5.14. The summed E-state index contributed by atoms with van der Waals surface area (Å²) in [5.74, 6) is 0.616. The van der Waals surface area contributed by atoms with Crippen molar-refractivity contribution in [3.05, 3.63) is 24.0 Å². The van der Waals surface area contributed by atoms with E-state index in [1.54, 1.807) is 0 Å². The van der Waals surface area contributed by atoms with Crippen molar-refractivity contribution in [2.75, 3.05) is 6.61 Å². The Morgan fingerprint density at radius 2 is 2.18 bits per heavy atom. The van der Waals surface area contributed by atoms with E-state index in [4.69, 9.17) is 9.84 Å². The van der Waals surface area contributed by atoms with E-state index >= 15 is 0 Å². The van der Waals surface area contributed by atoms with Gasteiger partial charge in [0.25, 0.3) is 0 Å². The molecule has 1 N–H and O–H groups in total. The Bertz CT molecular complexity index is 371. The largest absolute Gasteiger partial charge is 0.418 e. The fraction of sp³-hybridized carbons (Fsp3) is 0.636. The van der Waals surface area contributed by atoms with E-state index in [-0.39, 0.29) is 12.3 Å². The minimum absolute atomic E-state index is 0.160. The van der Waals surface area contributed by atoms with Crippen molar-refractivity contribution in [1.82, 2.24) is 4.57 Å². The third-order valence-corrected chi connectivity index (χ3v) is 2.69. The van der Waals surface area contributed by atoms with Gasteiger partial charge in [0.05, 0.1) is 6.61 Å². The molecule has 0 aromatic carbocycles. The minimum Gasteiger partial charge on any atom is -0.379 e. The van der Waals surface area contributed by atoms with Crippen LogP contribution in [0.5, 0.6) is 0 Å². The maximum absolute atomic E-state index is 12.2. The molecule has 1 fully saturated rings. The predicted molar refractivity (Wildman–Crippen MR) is 54.1 cm³/mol. The molecule has 0 radical (unpaired) electrons. The zero-order valence-corrected chi connectivity index (χ0v) is 9.15. The summed E-state index contributed by atoms with van der Waals surface area (Å²) in [7, 11) is 0. The van der Waals surface area contributed by atoms with Gasteiger partial charge in [-0.15, -0.1) is 0 Å². The number of alkyl halides is 3. The molecule has 1 unspecified atom stereocenters. The number of nitrogens with zero attached hydrogens (tertiary/aromatic N) is 1. The van der Waals surface area contributed by atoms with Gasteiger partial charge in [-0.25, -0.2) is 0 Å². The summed E-state index contributed by atoms with van der Waals surface area (Å²) in [6, 6.07) is 1.25. The van der Waals surface area contributed by atoms with Gasteiger partial charge in [-0.1, -0.05) is 0 Å². The monoisotopic (exact) mass is 249 g/mol. The minimum atomic E-state index is -4.62. The van der Waals surface area contributed by atoms with Gasteiger partial charge in [0.1, 0.15) is 6.73 Å². The average molecular weight is 249 g/mol. The Morgan fingerprint density at radius 3 is 2.76 bits per heavy atom. The normalized spacial score (nSPS) is 18.4. The van der Waals surface area contributed by atoms with E-state index in [0.717, 1.165) is 0 Å². The maximum Gasteiger partial charge on any atom is 0.418 e. The average Bonchev–Trinajstić information content (AvgIpc) is 2.93. The quantitative estimate of drug-likeness (QED) is 0.869. The molecule has 1 atom stereocenters. The molecule has 96 valence electrons. The van der Waals surface area contributed by atoms with Gasteiger partial charge in [-0.05, 0) is 24.8 Å². The first-order chi connectivity index (χ1) is 7.97. The smallest absolute Gasteiger partial charge is 0.379 e. The van der Waals surface area contributed by atoms with Gasteiger partial charge in [-0.3, -0.25) is 0 Å². The molecule has 1 aliphatic rings. The molecule has 0 spiro atoms. The molecule has 2 rings (SSSR count). The number of hydrogen-bond donors (Lipinski definition) is 1. The Kier molecular flexibility index (Phi) is 3.44. The summed E-state index contributed by atoms with van der Waals surface area (Å²) in [6.45, 7) is 0.871. The third kappa shape index (κ3) is 3.47. The van der Waals surface area contributed by atoms with E-state index in [0.29, 0.717) is 12.5 Å². The molecular weight excluding hydrogens is 235 g/mol. The molecule has 0 bridgehead atoms. The van der Waals surface area contributed by atoms with Crippen LogP contribution in [0.3, 0.4) is 0 Å². The number of aromatic nitrogens is 1. The summed E-state index contributed by atoms with van der Waals surface area (Å²) in [4.78, 5) is 0. The summed E-state index contributed by atoms with van der Waals surface area (Å²) in [5, 5.41) is 9.01. The zero-order valence-electron chi connectivity index (χ0n) is 9.15. The van der Waals surface area contributed by atoms with Crippen LogP contribution in [-0.4, -0.2) is 22.5 Å². The summed E-state index contributed by atoms with van der Waals surface area (Å²) in [6.07, 6.45) is -1.98. The molecular formula is C11H14F3NO2. The van der Waals surface area contributed by atoms with Crippen LogP contribution in [0.4, 0.5) is 13.2 Å². The van der Waals surface area contributed by atoms with Crippen LogP contribution in [0.2, 0.25) is 0 Å². The molecule has 0 aliphatic heterocycles. The lowest BCUT2D eigenvalue weighted by Gasteiger charge is -2.12. The molecule has 17 heavy (non-hydrogen) atoms. The van der Waals surface area contributed by atoms with Crippen LogP contribution in [0.25, 0.3) is 0 Å². The first kappa shape index (κ1) is 12.4. The number of aliphatic hydroxyl groups excluding tert-OH is 1. The van der Waals surface area contributed by atoms with Crippen molar-refractivity contribution in [2.45, 2.75) is 31.9 Å². The second-order valence-corrected chi connectivity index (χ2v) is 4.35. The second-order valence-electron chi connectivity index (χ2n) is 4.35. The van der Waals surface area contributed by atoms with Crippen LogP contribution in [-0.2, 0) is 11.5 Å². The van der Waals surface area contributed by atoms with Gasteiger partial charge in [0.15, 0.2) is 6.10 Å². The predicted octanol–water partition coefficient (Wildman–Crippen LogP) is 2.47. The molecule has 1 aliphatic carbocycles. The van der Waals surface area contributed by atoms with Gasteiger partial charge < -0.3 is 14.4 Å². The van der Waals surface area contributed by atoms with Crippen LogP contribution in [0.1, 0.15) is 24.5 Å². The molecule has 0 saturated heterocycles. The highest BCUT2D eigenvalue weighted by Gasteiger charge is 2.39. The molecule has 1 heterocycles. The van der Waals surface area contributed by atoms with Crippen molar-refractivity contribution in [3.63, 3.8) is 0 Å².